The standard InChI is InChI=1S/C10H20N2O2/c1-10(2,6-11)9(13)12-7-4-8(5-7)14-3/h7-8H,4-6,11H2,1-3H3,(H,12,13). The number of amides is 1. The number of rotatable bonds is 4. The molecule has 0 aromatic rings. The lowest BCUT2D eigenvalue weighted by molar-refractivity contribution is -0.131. The van der Waals surface area contributed by atoms with Gasteiger partial charge in [0.05, 0.1) is 11.5 Å². The zero-order valence-corrected chi connectivity index (χ0v) is 9.17. The van der Waals surface area contributed by atoms with Crippen LogP contribution in [0, 0.1) is 5.41 Å². The Bertz CT molecular complexity index is 210. The van der Waals surface area contributed by atoms with Gasteiger partial charge in [-0.3, -0.25) is 4.79 Å². The van der Waals surface area contributed by atoms with E-state index in [1.54, 1.807) is 7.11 Å². The summed E-state index contributed by atoms with van der Waals surface area (Å²) in [6.07, 6.45) is 2.16. The molecule has 4 heteroatoms. The van der Waals surface area contributed by atoms with Crippen LogP contribution in [0.3, 0.4) is 0 Å². The Morgan fingerprint density at radius 2 is 2.14 bits per heavy atom. The van der Waals surface area contributed by atoms with Gasteiger partial charge in [-0.15, -0.1) is 0 Å². The van der Waals surface area contributed by atoms with Gasteiger partial charge in [-0.25, -0.2) is 0 Å². The van der Waals surface area contributed by atoms with E-state index in [1.165, 1.54) is 0 Å². The Balaban J connectivity index is 2.29. The smallest absolute Gasteiger partial charge is 0.227 e. The molecule has 0 heterocycles. The molecule has 0 atom stereocenters. The van der Waals surface area contributed by atoms with Crippen LogP contribution in [0.1, 0.15) is 26.7 Å². The first kappa shape index (κ1) is 11.5. The van der Waals surface area contributed by atoms with Crippen molar-refractivity contribution in [3.05, 3.63) is 0 Å². The Kier molecular flexibility index (Phi) is 3.50. The molecule has 0 bridgehead atoms. The van der Waals surface area contributed by atoms with Crippen LogP contribution in [0.2, 0.25) is 0 Å². The number of carbonyl (C=O) groups excluding carboxylic acids is 1. The van der Waals surface area contributed by atoms with Crippen LogP contribution in [-0.2, 0) is 9.53 Å². The average molecular weight is 200 g/mol. The molecule has 4 nitrogen and oxygen atoms in total. The molecule has 0 aromatic heterocycles. The molecule has 14 heavy (non-hydrogen) atoms. The van der Waals surface area contributed by atoms with Crippen LogP contribution in [0.5, 0.6) is 0 Å². The molecule has 0 aliphatic heterocycles. The summed E-state index contributed by atoms with van der Waals surface area (Å²) in [5.41, 5.74) is 5.05. The number of nitrogens with two attached hydrogens (primary N) is 1. The number of ether oxygens (including phenoxy) is 1. The molecule has 0 aromatic carbocycles. The summed E-state index contributed by atoms with van der Waals surface area (Å²) in [5.74, 6) is 0.0413. The van der Waals surface area contributed by atoms with Gasteiger partial charge in [0.2, 0.25) is 5.91 Å². The molecule has 0 saturated heterocycles. The van der Waals surface area contributed by atoms with Crippen molar-refractivity contribution in [3.63, 3.8) is 0 Å². The first-order valence-corrected chi connectivity index (χ1v) is 5.03. The van der Waals surface area contributed by atoms with Crippen molar-refractivity contribution >= 4 is 5.91 Å². The Labute approximate surface area is 85.2 Å². The Morgan fingerprint density at radius 3 is 2.57 bits per heavy atom. The van der Waals surface area contributed by atoms with E-state index in [4.69, 9.17) is 10.5 Å². The van der Waals surface area contributed by atoms with Gasteiger partial charge in [-0.05, 0) is 26.7 Å². The monoisotopic (exact) mass is 200 g/mol. The highest BCUT2D eigenvalue weighted by molar-refractivity contribution is 5.82. The predicted octanol–water partition coefficient (Wildman–Crippen LogP) is 0.265. The summed E-state index contributed by atoms with van der Waals surface area (Å²) < 4.78 is 5.13. The third-order valence-corrected chi connectivity index (χ3v) is 2.89. The molecule has 1 rings (SSSR count). The maximum Gasteiger partial charge on any atom is 0.227 e. The van der Waals surface area contributed by atoms with Crippen molar-refractivity contribution in [2.24, 2.45) is 11.1 Å². The van der Waals surface area contributed by atoms with Crippen LogP contribution in [0.15, 0.2) is 0 Å². The lowest BCUT2D eigenvalue weighted by atomic mass is 9.86. The summed E-state index contributed by atoms with van der Waals surface area (Å²) >= 11 is 0. The minimum atomic E-state index is -0.460. The van der Waals surface area contributed by atoms with Crippen molar-refractivity contribution < 1.29 is 9.53 Å². The molecular weight excluding hydrogens is 180 g/mol. The SMILES string of the molecule is COC1CC(NC(=O)C(C)(C)CN)C1. The molecule has 1 amide bonds. The number of hydrogen-bond donors (Lipinski definition) is 2. The van der Waals surface area contributed by atoms with E-state index in [-0.39, 0.29) is 11.9 Å². The fourth-order valence-corrected chi connectivity index (χ4v) is 1.35. The maximum absolute atomic E-state index is 11.7. The quantitative estimate of drug-likeness (QED) is 0.684. The minimum absolute atomic E-state index is 0.0413. The van der Waals surface area contributed by atoms with E-state index in [0.717, 1.165) is 12.8 Å². The molecular formula is C10H20N2O2. The molecule has 0 spiro atoms. The largest absolute Gasteiger partial charge is 0.381 e. The highest BCUT2D eigenvalue weighted by Gasteiger charge is 2.34. The normalized spacial score (nSPS) is 26.9. The van der Waals surface area contributed by atoms with Gasteiger partial charge >= 0.3 is 0 Å². The van der Waals surface area contributed by atoms with E-state index in [9.17, 15) is 4.79 Å². The highest BCUT2D eigenvalue weighted by Crippen LogP contribution is 2.24. The van der Waals surface area contributed by atoms with E-state index < -0.39 is 5.41 Å². The number of hydrogen-bond acceptors (Lipinski definition) is 3. The van der Waals surface area contributed by atoms with E-state index in [0.29, 0.717) is 12.6 Å². The summed E-state index contributed by atoms with van der Waals surface area (Å²) in [7, 11) is 1.70. The van der Waals surface area contributed by atoms with Crippen LogP contribution < -0.4 is 11.1 Å². The summed E-state index contributed by atoms with van der Waals surface area (Å²) in [6, 6.07) is 0.276. The van der Waals surface area contributed by atoms with Gasteiger partial charge < -0.3 is 15.8 Å². The van der Waals surface area contributed by atoms with Crippen molar-refractivity contribution in [2.75, 3.05) is 13.7 Å². The predicted molar refractivity (Wildman–Crippen MR) is 54.8 cm³/mol. The first-order valence-electron chi connectivity index (χ1n) is 5.03. The fraction of sp³-hybridized carbons (Fsp3) is 0.900. The third kappa shape index (κ3) is 2.45. The molecule has 1 fully saturated rings. The molecule has 1 aliphatic rings. The first-order chi connectivity index (χ1) is 6.49. The molecule has 82 valence electrons. The van der Waals surface area contributed by atoms with Gasteiger partial charge in [0.15, 0.2) is 0 Å². The average Bonchev–Trinajstić information content (AvgIpc) is 2.09. The second-order valence-electron chi connectivity index (χ2n) is 4.59. The molecule has 0 radical (unpaired) electrons. The second kappa shape index (κ2) is 4.28. The summed E-state index contributed by atoms with van der Waals surface area (Å²) in [5, 5.41) is 2.97. The fourth-order valence-electron chi connectivity index (χ4n) is 1.35. The van der Waals surface area contributed by atoms with Gasteiger partial charge in [0.25, 0.3) is 0 Å². The number of carbonyl (C=O) groups is 1. The Morgan fingerprint density at radius 1 is 1.57 bits per heavy atom. The minimum Gasteiger partial charge on any atom is -0.381 e. The zero-order chi connectivity index (χ0) is 10.8. The van der Waals surface area contributed by atoms with Crippen molar-refractivity contribution in [1.29, 1.82) is 0 Å². The molecule has 0 unspecified atom stereocenters. The van der Waals surface area contributed by atoms with Crippen molar-refractivity contribution in [1.82, 2.24) is 5.32 Å². The number of nitrogens with one attached hydrogen (secondary N) is 1. The number of methoxy groups -OCH3 is 1. The Hall–Kier alpha value is -0.610. The van der Waals surface area contributed by atoms with Crippen molar-refractivity contribution in [3.8, 4) is 0 Å². The lowest BCUT2D eigenvalue weighted by Crippen LogP contribution is -2.52. The molecule has 3 N–H and O–H groups in total. The van der Waals surface area contributed by atoms with Crippen LogP contribution in [0.25, 0.3) is 0 Å². The van der Waals surface area contributed by atoms with Gasteiger partial charge in [0, 0.05) is 19.7 Å². The van der Waals surface area contributed by atoms with Crippen LogP contribution >= 0.6 is 0 Å². The zero-order valence-electron chi connectivity index (χ0n) is 9.17. The van der Waals surface area contributed by atoms with Gasteiger partial charge in [0.1, 0.15) is 0 Å². The van der Waals surface area contributed by atoms with Crippen LogP contribution in [0.4, 0.5) is 0 Å². The van der Waals surface area contributed by atoms with Gasteiger partial charge in [-0.1, -0.05) is 0 Å². The van der Waals surface area contributed by atoms with E-state index >= 15 is 0 Å². The summed E-state index contributed by atoms with van der Waals surface area (Å²) in [4.78, 5) is 11.7. The second-order valence-corrected chi connectivity index (χ2v) is 4.59. The van der Waals surface area contributed by atoms with E-state index in [2.05, 4.69) is 5.32 Å². The van der Waals surface area contributed by atoms with Crippen LogP contribution in [-0.4, -0.2) is 31.7 Å². The molecule has 1 aliphatic carbocycles. The molecule has 1 saturated carbocycles. The van der Waals surface area contributed by atoms with E-state index in [1.807, 2.05) is 13.8 Å². The third-order valence-electron chi connectivity index (χ3n) is 2.89. The summed E-state index contributed by atoms with van der Waals surface area (Å²) in [6.45, 7) is 4.09. The topological polar surface area (TPSA) is 64.3 Å². The lowest BCUT2D eigenvalue weighted by Gasteiger charge is -2.36. The highest BCUT2D eigenvalue weighted by atomic mass is 16.5. The van der Waals surface area contributed by atoms with Gasteiger partial charge in [-0.2, -0.15) is 0 Å². The maximum atomic E-state index is 11.7. The van der Waals surface area contributed by atoms with Crippen molar-refractivity contribution in [2.45, 2.75) is 38.8 Å².